The van der Waals surface area contributed by atoms with Gasteiger partial charge < -0.3 is 15.1 Å². The Hall–Kier alpha value is -1.75. The molecular formula is C11H13ClN4O. The number of nitrogen functional groups attached to an aromatic ring is 1. The van der Waals surface area contributed by atoms with Crippen LogP contribution in [0.5, 0.6) is 0 Å². The minimum absolute atomic E-state index is 0.285. The summed E-state index contributed by atoms with van der Waals surface area (Å²) in [6.45, 7) is 2.57. The first kappa shape index (κ1) is 11.7. The summed E-state index contributed by atoms with van der Waals surface area (Å²) >= 11 is 6.05. The van der Waals surface area contributed by atoms with E-state index in [4.69, 9.17) is 21.8 Å². The van der Waals surface area contributed by atoms with E-state index in [0.717, 1.165) is 11.3 Å². The molecule has 0 fully saturated rings. The maximum atomic E-state index is 6.05. The van der Waals surface area contributed by atoms with Crippen LogP contribution in [0.3, 0.4) is 0 Å². The highest BCUT2D eigenvalue weighted by Gasteiger charge is 2.13. The highest BCUT2D eigenvalue weighted by molar-refractivity contribution is 6.35. The quantitative estimate of drug-likeness (QED) is 0.907. The van der Waals surface area contributed by atoms with Crippen molar-refractivity contribution in [3.63, 3.8) is 0 Å². The number of aromatic nitrogens is 2. The third-order valence-electron chi connectivity index (χ3n) is 2.53. The Morgan fingerprint density at radius 3 is 2.88 bits per heavy atom. The Bertz CT molecular complexity index is 526. The highest BCUT2D eigenvalue weighted by atomic mass is 35.5. The standard InChI is InChI=1S/C11H13ClN4O/c1-7-8(3-4-17-7)5-16(2)11-9(12)10(13)14-6-15-11/h3-4,6H,5H2,1-2H3,(H2,13,14,15). The van der Waals surface area contributed by atoms with Gasteiger partial charge in [0.15, 0.2) is 5.82 Å². The van der Waals surface area contributed by atoms with Gasteiger partial charge in [-0.25, -0.2) is 9.97 Å². The van der Waals surface area contributed by atoms with Gasteiger partial charge in [0.1, 0.15) is 22.9 Å². The van der Waals surface area contributed by atoms with Gasteiger partial charge >= 0.3 is 0 Å². The van der Waals surface area contributed by atoms with Crippen LogP contribution in [0.1, 0.15) is 11.3 Å². The fraction of sp³-hybridized carbons (Fsp3) is 0.273. The third-order valence-corrected chi connectivity index (χ3v) is 2.90. The van der Waals surface area contributed by atoms with Crippen molar-refractivity contribution in [2.75, 3.05) is 17.7 Å². The van der Waals surface area contributed by atoms with E-state index in [1.165, 1.54) is 6.33 Å². The Labute approximate surface area is 104 Å². The van der Waals surface area contributed by atoms with Crippen LogP contribution in [0.4, 0.5) is 11.6 Å². The summed E-state index contributed by atoms with van der Waals surface area (Å²) in [5.41, 5.74) is 6.72. The summed E-state index contributed by atoms with van der Waals surface area (Å²) in [6.07, 6.45) is 3.06. The maximum Gasteiger partial charge on any atom is 0.153 e. The summed E-state index contributed by atoms with van der Waals surface area (Å²) in [7, 11) is 1.89. The first-order chi connectivity index (χ1) is 8.09. The molecule has 0 saturated carbocycles. The van der Waals surface area contributed by atoms with Crippen molar-refractivity contribution in [3.8, 4) is 0 Å². The van der Waals surface area contributed by atoms with Crippen LogP contribution in [0.25, 0.3) is 0 Å². The predicted octanol–water partition coefficient (Wildman–Crippen LogP) is 2.25. The van der Waals surface area contributed by atoms with Crippen molar-refractivity contribution in [1.29, 1.82) is 0 Å². The fourth-order valence-corrected chi connectivity index (χ4v) is 1.79. The number of aryl methyl sites for hydroxylation is 1. The van der Waals surface area contributed by atoms with Gasteiger partial charge in [-0.3, -0.25) is 0 Å². The number of anilines is 2. The second-order valence-electron chi connectivity index (χ2n) is 3.75. The molecule has 17 heavy (non-hydrogen) atoms. The normalized spacial score (nSPS) is 10.5. The van der Waals surface area contributed by atoms with E-state index < -0.39 is 0 Å². The molecule has 0 bridgehead atoms. The van der Waals surface area contributed by atoms with Crippen LogP contribution in [0, 0.1) is 6.92 Å². The molecule has 2 aromatic rings. The molecule has 2 heterocycles. The van der Waals surface area contributed by atoms with Crippen LogP contribution in [0.15, 0.2) is 23.1 Å². The molecule has 5 nitrogen and oxygen atoms in total. The largest absolute Gasteiger partial charge is 0.469 e. The summed E-state index contributed by atoms with van der Waals surface area (Å²) in [4.78, 5) is 9.85. The molecule has 0 spiro atoms. The van der Waals surface area contributed by atoms with Gasteiger partial charge in [0.05, 0.1) is 6.26 Å². The van der Waals surface area contributed by atoms with Crippen molar-refractivity contribution in [2.45, 2.75) is 13.5 Å². The molecule has 0 atom stereocenters. The van der Waals surface area contributed by atoms with E-state index in [1.807, 2.05) is 24.9 Å². The molecule has 0 aliphatic carbocycles. The number of nitrogens with zero attached hydrogens (tertiary/aromatic N) is 3. The number of nitrogens with two attached hydrogens (primary N) is 1. The molecule has 0 aromatic carbocycles. The van der Waals surface area contributed by atoms with Gasteiger partial charge in [0.25, 0.3) is 0 Å². The lowest BCUT2D eigenvalue weighted by Crippen LogP contribution is -2.19. The number of hydrogen-bond acceptors (Lipinski definition) is 5. The molecule has 0 saturated heterocycles. The van der Waals surface area contributed by atoms with Crippen LogP contribution in [-0.4, -0.2) is 17.0 Å². The van der Waals surface area contributed by atoms with Gasteiger partial charge in [-0.05, 0) is 13.0 Å². The number of hydrogen-bond donors (Lipinski definition) is 1. The maximum absolute atomic E-state index is 6.05. The zero-order chi connectivity index (χ0) is 12.4. The summed E-state index contributed by atoms with van der Waals surface area (Å²) in [5, 5.41) is 0.371. The minimum Gasteiger partial charge on any atom is -0.469 e. The second-order valence-corrected chi connectivity index (χ2v) is 4.13. The van der Waals surface area contributed by atoms with Gasteiger partial charge in [0, 0.05) is 19.2 Å². The first-order valence-corrected chi connectivity index (χ1v) is 5.47. The van der Waals surface area contributed by atoms with Crippen LogP contribution in [0.2, 0.25) is 5.02 Å². The number of rotatable bonds is 3. The van der Waals surface area contributed by atoms with E-state index in [-0.39, 0.29) is 5.82 Å². The molecule has 0 amide bonds. The monoisotopic (exact) mass is 252 g/mol. The van der Waals surface area contributed by atoms with E-state index >= 15 is 0 Å². The van der Waals surface area contributed by atoms with Gasteiger partial charge in [-0.1, -0.05) is 11.6 Å². The lowest BCUT2D eigenvalue weighted by Gasteiger charge is -2.19. The molecule has 6 heteroatoms. The SMILES string of the molecule is Cc1occc1CN(C)c1ncnc(N)c1Cl. The van der Waals surface area contributed by atoms with E-state index in [2.05, 4.69) is 9.97 Å². The highest BCUT2D eigenvalue weighted by Crippen LogP contribution is 2.27. The van der Waals surface area contributed by atoms with Crippen molar-refractivity contribution in [2.24, 2.45) is 0 Å². The summed E-state index contributed by atoms with van der Waals surface area (Å²) < 4.78 is 5.24. The second kappa shape index (κ2) is 4.63. The Morgan fingerprint density at radius 2 is 2.24 bits per heavy atom. The molecule has 2 rings (SSSR count). The fourth-order valence-electron chi connectivity index (χ4n) is 1.55. The van der Waals surface area contributed by atoms with E-state index in [9.17, 15) is 0 Å². The Morgan fingerprint density at radius 1 is 1.47 bits per heavy atom. The van der Waals surface area contributed by atoms with E-state index in [0.29, 0.717) is 17.4 Å². The topological polar surface area (TPSA) is 68.2 Å². The first-order valence-electron chi connectivity index (χ1n) is 5.09. The van der Waals surface area contributed by atoms with Crippen molar-refractivity contribution in [1.82, 2.24) is 9.97 Å². The minimum atomic E-state index is 0.285. The Balaban J connectivity index is 2.23. The van der Waals surface area contributed by atoms with Gasteiger partial charge in [-0.15, -0.1) is 0 Å². The van der Waals surface area contributed by atoms with Crippen molar-refractivity contribution in [3.05, 3.63) is 35.0 Å². The molecule has 0 aliphatic heterocycles. The molecule has 90 valence electrons. The molecule has 2 aromatic heterocycles. The third kappa shape index (κ3) is 2.34. The van der Waals surface area contributed by atoms with E-state index in [1.54, 1.807) is 6.26 Å². The molecule has 0 aliphatic rings. The smallest absolute Gasteiger partial charge is 0.153 e. The van der Waals surface area contributed by atoms with Gasteiger partial charge in [-0.2, -0.15) is 0 Å². The van der Waals surface area contributed by atoms with Crippen molar-refractivity contribution < 1.29 is 4.42 Å². The molecule has 2 N–H and O–H groups in total. The average molecular weight is 253 g/mol. The van der Waals surface area contributed by atoms with Crippen LogP contribution < -0.4 is 10.6 Å². The Kier molecular flexibility index (Phi) is 3.19. The molecule has 0 radical (unpaired) electrons. The molecular weight excluding hydrogens is 240 g/mol. The average Bonchev–Trinajstić information content (AvgIpc) is 2.68. The van der Waals surface area contributed by atoms with Gasteiger partial charge in [0.2, 0.25) is 0 Å². The molecule has 0 unspecified atom stereocenters. The zero-order valence-electron chi connectivity index (χ0n) is 9.64. The lowest BCUT2D eigenvalue weighted by molar-refractivity contribution is 0.529. The zero-order valence-corrected chi connectivity index (χ0v) is 10.4. The number of furan rings is 1. The van der Waals surface area contributed by atoms with Crippen LogP contribution >= 0.6 is 11.6 Å². The summed E-state index contributed by atoms with van der Waals surface area (Å²) in [6, 6.07) is 1.92. The lowest BCUT2D eigenvalue weighted by atomic mass is 10.2. The summed E-state index contributed by atoms with van der Waals surface area (Å²) in [5.74, 6) is 1.78. The van der Waals surface area contributed by atoms with Crippen LogP contribution in [-0.2, 0) is 6.54 Å². The van der Waals surface area contributed by atoms with Crippen molar-refractivity contribution >= 4 is 23.2 Å². The predicted molar refractivity (Wildman–Crippen MR) is 67.0 cm³/mol. The number of halogens is 1.